The average Bonchev–Trinajstić information content (AvgIpc) is 1.54. The summed E-state index contributed by atoms with van der Waals surface area (Å²) in [7, 11) is 2.07. The third-order valence-corrected chi connectivity index (χ3v) is 22.1. The quantitative estimate of drug-likeness (QED) is 0.0741. The van der Waals surface area contributed by atoms with Crippen LogP contribution in [-0.2, 0) is 63.8 Å². The van der Waals surface area contributed by atoms with E-state index in [1.165, 1.54) is 78.0 Å². The summed E-state index contributed by atoms with van der Waals surface area (Å²) >= 11 is 0. The molecule has 22 rings (SSSR count). The molecular formula is C118H89N10Rh3. The van der Waals surface area contributed by atoms with E-state index in [1.54, 1.807) is 12.4 Å². The molecule has 0 saturated heterocycles. The number of hydrogen-bond donors (Lipinski definition) is 0. The van der Waals surface area contributed by atoms with Gasteiger partial charge in [-0.2, -0.15) is 150 Å². The van der Waals surface area contributed by atoms with Gasteiger partial charge in [0.2, 0.25) is 0 Å². The minimum absolute atomic E-state index is 0. The standard InChI is InChI=1S/C24H16N.C23H19N2.C22H18N2.C21H15N2.C17H13N2.C11H8N.3Rh/c1-2-10-18(11-3-1)24(23-16-8-9-17-25-23)21-14-6-4-12-19(21)20-13-5-7-15-22(20)24;1-17-23(18(2)25(24-17)22-11-7-4-8-12-22)21-15-13-20(14-16-21)19-9-5-3-6-10-19;1-23-17-24(21-10-6-3-7-11-21)16-22(23)20-14-12-19(13-15-20)18-8-4-2-5-9-18;1-3-7-17(8-4-1)18-11-13-19(14-12-18)20-15-22-23(16-20)21-9-5-2-6-10-21;1-3-9-15(10-4-1)19(16-11-5-2-6-12-16)17-13-7-8-14-18-17;1-2-6-10(7-3-1)11-8-4-5-9-12-11;;;/h1-10,12-17H;3-11,13-16H,1-2H3;2-10,12-17H,1H3;1-9,11-16H;1-11,13-14H;1-6,8-9H;;;/q2*-1;-2;3*-1;2*+2;+3. The number of aryl methyl sites for hydroxylation is 1. The molecule has 0 fully saturated rings. The second kappa shape index (κ2) is 45.7. The van der Waals surface area contributed by atoms with Crippen molar-refractivity contribution in [2.75, 3.05) is 16.8 Å². The predicted octanol–water partition coefficient (Wildman–Crippen LogP) is 27.8. The van der Waals surface area contributed by atoms with Crippen molar-refractivity contribution >= 4 is 28.6 Å². The van der Waals surface area contributed by atoms with Crippen LogP contribution in [0.15, 0.2) is 480 Å². The Hall–Kier alpha value is -14.8. The molecule has 0 amide bonds. The van der Waals surface area contributed by atoms with E-state index in [2.05, 4.69) is 337 Å². The first kappa shape index (κ1) is 92.4. The maximum absolute atomic E-state index is 4.79. The molecule has 15 aromatic carbocycles. The van der Waals surface area contributed by atoms with Crippen molar-refractivity contribution in [3.8, 4) is 89.4 Å². The Morgan fingerprint density at radius 2 is 0.786 bits per heavy atom. The maximum Gasteiger partial charge on any atom is 3.00 e. The number of hydrogen-bond acceptors (Lipinski definition) is 8. The van der Waals surface area contributed by atoms with Crippen LogP contribution in [0.3, 0.4) is 0 Å². The second-order valence-electron chi connectivity index (χ2n) is 30.3. The van der Waals surface area contributed by atoms with E-state index >= 15 is 0 Å². The van der Waals surface area contributed by atoms with Crippen LogP contribution in [0, 0.1) is 56.9 Å². The van der Waals surface area contributed by atoms with E-state index in [-0.39, 0.29) is 58.4 Å². The first-order valence-electron chi connectivity index (χ1n) is 42.6. The van der Waals surface area contributed by atoms with Gasteiger partial charge in [0, 0.05) is 53.0 Å². The number of rotatable bonds is 15. The Balaban J connectivity index is 0.000000127. The van der Waals surface area contributed by atoms with Crippen LogP contribution in [-0.4, -0.2) is 46.5 Å². The van der Waals surface area contributed by atoms with Gasteiger partial charge in [0.15, 0.2) is 0 Å². The first-order chi connectivity index (χ1) is 63.3. The summed E-state index contributed by atoms with van der Waals surface area (Å²) in [5.74, 6) is 0.885. The predicted molar refractivity (Wildman–Crippen MR) is 522 cm³/mol. The fourth-order valence-electron chi connectivity index (χ4n) is 16.0. The zero-order valence-corrected chi connectivity index (χ0v) is 77.1. The molecule has 0 unspecified atom stereocenters. The van der Waals surface area contributed by atoms with Crippen LogP contribution in [0.25, 0.3) is 95.1 Å². The van der Waals surface area contributed by atoms with Crippen LogP contribution < -0.4 is 9.80 Å². The summed E-state index contributed by atoms with van der Waals surface area (Å²) < 4.78 is 3.82. The zero-order chi connectivity index (χ0) is 86.9. The van der Waals surface area contributed by atoms with Crippen molar-refractivity contribution in [1.82, 2.24) is 39.4 Å². The maximum atomic E-state index is 4.79. The van der Waals surface area contributed by atoms with Gasteiger partial charge in [-0.15, -0.1) is 65.3 Å². The third kappa shape index (κ3) is 22.1. The van der Waals surface area contributed by atoms with Crippen LogP contribution in [0.1, 0.15) is 39.3 Å². The van der Waals surface area contributed by atoms with Crippen molar-refractivity contribution in [2.45, 2.75) is 19.3 Å². The summed E-state index contributed by atoms with van der Waals surface area (Å²) in [5, 5.41) is 9.15. The molecule has 2 radical (unpaired) electrons. The van der Waals surface area contributed by atoms with E-state index in [4.69, 9.17) is 10.1 Å². The zero-order valence-electron chi connectivity index (χ0n) is 72.2. The normalized spacial score (nSPS) is 11.5. The molecule has 13 heteroatoms. The van der Waals surface area contributed by atoms with Gasteiger partial charge in [-0.3, -0.25) is 14.3 Å². The molecule has 10 nitrogen and oxygen atoms in total. The van der Waals surface area contributed by atoms with E-state index in [0.717, 1.165) is 79.3 Å². The molecule has 0 N–H and O–H groups in total. The molecule has 0 bridgehead atoms. The largest absolute Gasteiger partial charge is 3.00 e. The summed E-state index contributed by atoms with van der Waals surface area (Å²) in [6, 6.07) is 170. The summed E-state index contributed by atoms with van der Waals surface area (Å²) in [4.78, 5) is 19.8. The van der Waals surface area contributed by atoms with Crippen molar-refractivity contribution in [3.05, 3.63) is 562 Å². The number of benzene rings is 15. The van der Waals surface area contributed by atoms with Crippen LogP contribution in [0.4, 0.5) is 22.9 Å². The van der Waals surface area contributed by atoms with Gasteiger partial charge < -0.3 is 19.7 Å². The van der Waals surface area contributed by atoms with Gasteiger partial charge in [0.05, 0.1) is 23.0 Å². The third-order valence-electron chi connectivity index (χ3n) is 22.1. The molecule has 0 spiro atoms. The Kier molecular flexibility index (Phi) is 32.3. The fourth-order valence-corrected chi connectivity index (χ4v) is 16.0. The minimum Gasteiger partial charge on any atom is -0.504 e. The Labute approximate surface area is 807 Å². The van der Waals surface area contributed by atoms with E-state index < -0.39 is 5.41 Å². The topological polar surface area (TPSA) is 84.0 Å². The Bertz CT molecular complexity index is 6640. The molecular weight excluding hydrogens is 1870 g/mol. The summed E-state index contributed by atoms with van der Waals surface area (Å²) in [6.07, 6.45) is 11.5. The van der Waals surface area contributed by atoms with Crippen molar-refractivity contribution in [3.63, 3.8) is 0 Å². The number of anilines is 4. The van der Waals surface area contributed by atoms with Gasteiger partial charge in [0.1, 0.15) is 5.82 Å². The van der Waals surface area contributed by atoms with Crippen LogP contribution >= 0.6 is 0 Å². The second-order valence-corrected chi connectivity index (χ2v) is 30.3. The molecule has 6 heterocycles. The Morgan fingerprint density at radius 3 is 1.27 bits per heavy atom. The smallest absolute Gasteiger partial charge is 0.504 e. The molecule has 0 atom stereocenters. The fraction of sp³-hybridized carbons (Fsp3) is 0.0339. The summed E-state index contributed by atoms with van der Waals surface area (Å²) in [5.41, 5.74) is 30.4. The number of fused-ring (bicyclic) bond motifs is 3. The average molecular weight is 1960 g/mol. The first-order valence-corrected chi connectivity index (χ1v) is 42.6. The Morgan fingerprint density at radius 1 is 0.351 bits per heavy atom. The van der Waals surface area contributed by atoms with Crippen molar-refractivity contribution in [2.24, 2.45) is 0 Å². The number of para-hydroxylation sites is 5. The van der Waals surface area contributed by atoms with E-state index in [1.807, 2.05) is 234 Å². The van der Waals surface area contributed by atoms with Crippen LogP contribution in [0.5, 0.6) is 0 Å². The van der Waals surface area contributed by atoms with Gasteiger partial charge in [-0.25, -0.2) is 4.98 Å². The number of pyridine rings is 3. The molecule has 5 aromatic heterocycles. The van der Waals surface area contributed by atoms with Gasteiger partial charge in [-0.1, -0.05) is 260 Å². The summed E-state index contributed by atoms with van der Waals surface area (Å²) in [6.45, 7) is 6.25. The number of nitrogens with zero attached hydrogens (tertiary/aromatic N) is 10. The molecule has 0 saturated carbocycles. The van der Waals surface area contributed by atoms with Gasteiger partial charge in [-0.05, 0) is 159 Å². The van der Waals surface area contributed by atoms with E-state index in [0.29, 0.717) is 0 Å². The van der Waals surface area contributed by atoms with Gasteiger partial charge in [0.25, 0.3) is 0 Å². The molecule has 1 aliphatic carbocycles. The monoisotopic (exact) mass is 1950 g/mol. The molecule has 638 valence electrons. The van der Waals surface area contributed by atoms with E-state index in [9.17, 15) is 0 Å². The van der Waals surface area contributed by atoms with Gasteiger partial charge >= 0.3 is 58.4 Å². The molecule has 20 aromatic rings. The number of aromatic nitrogens is 7. The van der Waals surface area contributed by atoms with Crippen LogP contribution in [0.2, 0.25) is 0 Å². The van der Waals surface area contributed by atoms with Crippen molar-refractivity contribution < 1.29 is 58.4 Å². The molecule has 1 aliphatic heterocycles. The molecule has 131 heavy (non-hydrogen) atoms. The minimum atomic E-state index is -0.421. The SMILES string of the molecule is CN1[CH-]N(c2[c-]cccc2)C=C1c1ccc(-c2ccccc2)cc1.Cc1nn(-c2[c-]cccc2)c(C)c1-c1ccc(-c2ccccc2)cc1.[Rh+2].[Rh+2].[Rh+3].[c-]1ccccc1-c1ccccn1.[c-]1ccccc1-n1cc(-c2ccc(-c3ccccc3)cc2)cn1.[c-]1ccccc1C1(c2ccccn2)c2ccccc2-c2ccccc21.[c-]1ccccc1N(c1ccccc1)c1ccccn1. The van der Waals surface area contributed by atoms with Crippen molar-refractivity contribution in [1.29, 1.82) is 0 Å². The molecule has 2 aliphatic rings.